The predicted octanol–water partition coefficient (Wildman–Crippen LogP) is 3.36. The number of ether oxygens (including phenoxy) is 2. The molecule has 2 aromatic rings. The van der Waals surface area contributed by atoms with Crippen molar-refractivity contribution in [2.75, 3.05) is 21.3 Å². The Hall–Kier alpha value is -2.19. The van der Waals surface area contributed by atoms with E-state index in [1.165, 1.54) is 45.5 Å². The molecule has 2 aromatic carbocycles. The summed E-state index contributed by atoms with van der Waals surface area (Å²) in [5.74, 6) is -1.34. The van der Waals surface area contributed by atoms with E-state index in [2.05, 4.69) is 0 Å². The van der Waals surface area contributed by atoms with Gasteiger partial charge in [0.25, 0.3) is 0 Å². The van der Waals surface area contributed by atoms with E-state index in [1.54, 1.807) is 6.92 Å². The first-order valence-corrected chi connectivity index (χ1v) is 8.81. The highest BCUT2D eigenvalue weighted by Crippen LogP contribution is 2.32. The lowest BCUT2D eigenvalue weighted by atomic mass is 10.1. The van der Waals surface area contributed by atoms with Crippen LogP contribution in [-0.2, 0) is 10.0 Å². The summed E-state index contributed by atoms with van der Waals surface area (Å²) in [6.07, 6.45) is 0. The SMILES string of the molecule is COc1ccc(S(=O)(=O)N(C)C(C)c2ccc(F)c(F)c2)cc1OC. The molecule has 136 valence electrons. The average Bonchev–Trinajstić information content (AvgIpc) is 2.61. The summed E-state index contributed by atoms with van der Waals surface area (Å²) >= 11 is 0. The molecule has 0 spiro atoms. The highest BCUT2D eigenvalue weighted by atomic mass is 32.2. The molecule has 0 bridgehead atoms. The van der Waals surface area contributed by atoms with Crippen molar-refractivity contribution in [3.63, 3.8) is 0 Å². The van der Waals surface area contributed by atoms with Crippen molar-refractivity contribution in [1.29, 1.82) is 0 Å². The number of nitrogens with zero attached hydrogens (tertiary/aromatic N) is 1. The van der Waals surface area contributed by atoms with Crippen molar-refractivity contribution in [1.82, 2.24) is 4.31 Å². The number of hydrogen-bond acceptors (Lipinski definition) is 4. The molecule has 0 saturated carbocycles. The number of halogens is 2. The number of hydrogen-bond donors (Lipinski definition) is 0. The fraction of sp³-hybridized carbons (Fsp3) is 0.294. The van der Waals surface area contributed by atoms with Crippen LogP contribution in [0.25, 0.3) is 0 Å². The maximum Gasteiger partial charge on any atom is 0.243 e. The van der Waals surface area contributed by atoms with E-state index in [4.69, 9.17) is 9.47 Å². The Balaban J connectivity index is 2.39. The molecule has 0 fully saturated rings. The fourth-order valence-electron chi connectivity index (χ4n) is 2.33. The number of methoxy groups -OCH3 is 2. The minimum atomic E-state index is -3.89. The van der Waals surface area contributed by atoms with Crippen LogP contribution in [0.1, 0.15) is 18.5 Å². The van der Waals surface area contributed by atoms with Crippen LogP contribution >= 0.6 is 0 Å². The van der Waals surface area contributed by atoms with E-state index >= 15 is 0 Å². The van der Waals surface area contributed by atoms with Gasteiger partial charge in [-0.05, 0) is 36.8 Å². The molecule has 0 aromatic heterocycles. The molecule has 0 saturated heterocycles. The zero-order chi connectivity index (χ0) is 18.8. The Morgan fingerprint density at radius 1 is 0.960 bits per heavy atom. The predicted molar refractivity (Wildman–Crippen MR) is 89.3 cm³/mol. The third-order valence-electron chi connectivity index (χ3n) is 4.00. The minimum absolute atomic E-state index is 0.00193. The van der Waals surface area contributed by atoms with Crippen LogP contribution in [0.3, 0.4) is 0 Å². The molecule has 1 unspecified atom stereocenters. The molecule has 5 nitrogen and oxygen atoms in total. The van der Waals surface area contributed by atoms with Gasteiger partial charge in [0, 0.05) is 19.2 Å². The van der Waals surface area contributed by atoms with E-state index in [9.17, 15) is 17.2 Å². The Morgan fingerprint density at radius 2 is 1.60 bits per heavy atom. The van der Waals surface area contributed by atoms with Crippen LogP contribution in [0, 0.1) is 11.6 Å². The standard InChI is InChI=1S/C17H19F2NO4S/c1-11(12-5-7-14(18)15(19)9-12)20(2)25(21,22)13-6-8-16(23-3)17(10-13)24-4/h5-11H,1-4H3. The van der Waals surface area contributed by atoms with E-state index in [1.807, 2.05) is 0 Å². The second-order valence-electron chi connectivity index (χ2n) is 5.39. The second-order valence-corrected chi connectivity index (χ2v) is 7.39. The molecular formula is C17H19F2NO4S. The van der Waals surface area contributed by atoms with Crippen molar-refractivity contribution in [3.05, 3.63) is 53.6 Å². The zero-order valence-corrected chi connectivity index (χ0v) is 15.1. The quantitative estimate of drug-likeness (QED) is 0.781. The van der Waals surface area contributed by atoms with Crippen LogP contribution in [0.4, 0.5) is 8.78 Å². The van der Waals surface area contributed by atoms with Crippen LogP contribution < -0.4 is 9.47 Å². The van der Waals surface area contributed by atoms with E-state index < -0.39 is 27.7 Å². The van der Waals surface area contributed by atoms with Crippen molar-refractivity contribution < 1.29 is 26.7 Å². The molecule has 1 atom stereocenters. The Kier molecular flexibility index (Phi) is 5.64. The van der Waals surface area contributed by atoms with Crippen LogP contribution in [0.5, 0.6) is 11.5 Å². The summed E-state index contributed by atoms with van der Waals surface area (Å²) in [5, 5.41) is 0. The largest absolute Gasteiger partial charge is 0.493 e. The third-order valence-corrected chi connectivity index (χ3v) is 5.93. The van der Waals surface area contributed by atoms with Crippen molar-refractivity contribution in [3.8, 4) is 11.5 Å². The molecule has 0 N–H and O–H groups in total. The molecule has 25 heavy (non-hydrogen) atoms. The van der Waals surface area contributed by atoms with Gasteiger partial charge in [0.2, 0.25) is 10.0 Å². The molecule has 0 aliphatic heterocycles. The topological polar surface area (TPSA) is 55.8 Å². The Labute approximate surface area is 145 Å². The first-order valence-electron chi connectivity index (χ1n) is 7.37. The van der Waals surface area contributed by atoms with Gasteiger partial charge in [-0.2, -0.15) is 4.31 Å². The van der Waals surface area contributed by atoms with Gasteiger partial charge in [0.1, 0.15) is 0 Å². The van der Waals surface area contributed by atoms with Gasteiger partial charge in [-0.3, -0.25) is 0 Å². The normalized spacial score (nSPS) is 12.9. The lowest BCUT2D eigenvalue weighted by molar-refractivity contribution is 0.353. The summed E-state index contributed by atoms with van der Waals surface area (Å²) in [6, 6.07) is 6.84. The summed E-state index contributed by atoms with van der Waals surface area (Å²) in [6.45, 7) is 1.59. The molecular weight excluding hydrogens is 352 g/mol. The van der Waals surface area contributed by atoms with Gasteiger partial charge in [-0.1, -0.05) is 6.07 Å². The van der Waals surface area contributed by atoms with E-state index in [0.29, 0.717) is 11.3 Å². The van der Waals surface area contributed by atoms with Crippen LogP contribution in [-0.4, -0.2) is 34.0 Å². The summed E-state index contributed by atoms with van der Waals surface area (Å²) in [7, 11) is 0.340. The molecule has 0 radical (unpaired) electrons. The first-order chi connectivity index (χ1) is 11.7. The molecule has 0 heterocycles. The highest BCUT2D eigenvalue weighted by molar-refractivity contribution is 7.89. The Morgan fingerprint density at radius 3 is 2.16 bits per heavy atom. The van der Waals surface area contributed by atoms with Crippen molar-refractivity contribution in [2.24, 2.45) is 0 Å². The maximum atomic E-state index is 13.4. The van der Waals surface area contributed by atoms with Gasteiger partial charge in [-0.25, -0.2) is 17.2 Å². The second kappa shape index (κ2) is 7.37. The zero-order valence-electron chi connectivity index (χ0n) is 14.3. The maximum absolute atomic E-state index is 13.4. The molecule has 0 amide bonds. The first kappa shape index (κ1) is 19.1. The third kappa shape index (κ3) is 3.74. The van der Waals surface area contributed by atoms with Gasteiger partial charge in [0.05, 0.1) is 19.1 Å². The fourth-order valence-corrected chi connectivity index (χ4v) is 3.70. The molecule has 2 rings (SSSR count). The monoisotopic (exact) mass is 371 g/mol. The average molecular weight is 371 g/mol. The van der Waals surface area contributed by atoms with E-state index in [0.717, 1.165) is 16.4 Å². The molecule has 0 aliphatic rings. The minimum Gasteiger partial charge on any atom is -0.493 e. The van der Waals surface area contributed by atoms with Gasteiger partial charge in [-0.15, -0.1) is 0 Å². The summed E-state index contributed by atoms with van der Waals surface area (Å²) in [5.41, 5.74) is 0.338. The lowest BCUT2D eigenvalue weighted by Gasteiger charge is -2.25. The van der Waals surface area contributed by atoms with Gasteiger partial charge in [0.15, 0.2) is 23.1 Å². The lowest BCUT2D eigenvalue weighted by Crippen LogP contribution is -2.30. The highest BCUT2D eigenvalue weighted by Gasteiger charge is 2.27. The van der Waals surface area contributed by atoms with Gasteiger partial charge < -0.3 is 9.47 Å². The summed E-state index contributed by atoms with van der Waals surface area (Å²) < 4.78 is 63.5. The number of rotatable bonds is 6. The smallest absolute Gasteiger partial charge is 0.243 e. The van der Waals surface area contributed by atoms with Crippen LogP contribution in [0.15, 0.2) is 41.3 Å². The number of benzene rings is 2. The number of sulfonamides is 1. The molecule has 8 heteroatoms. The molecule has 0 aliphatic carbocycles. The van der Waals surface area contributed by atoms with Crippen molar-refractivity contribution >= 4 is 10.0 Å². The van der Waals surface area contributed by atoms with Crippen LogP contribution in [0.2, 0.25) is 0 Å². The Bertz CT molecular complexity index is 871. The summed E-state index contributed by atoms with van der Waals surface area (Å²) in [4.78, 5) is 0.00193. The van der Waals surface area contributed by atoms with E-state index in [-0.39, 0.29) is 10.6 Å². The van der Waals surface area contributed by atoms with Crippen molar-refractivity contribution in [2.45, 2.75) is 17.9 Å². The van der Waals surface area contributed by atoms with Gasteiger partial charge >= 0.3 is 0 Å².